The van der Waals surface area contributed by atoms with Crippen LogP contribution in [0.4, 0.5) is 0 Å². The van der Waals surface area contributed by atoms with Crippen molar-refractivity contribution in [1.82, 2.24) is 15.3 Å². The molecule has 0 saturated heterocycles. The van der Waals surface area contributed by atoms with Crippen LogP contribution in [-0.2, 0) is 6.54 Å². The fourth-order valence-electron chi connectivity index (χ4n) is 1.76. The lowest BCUT2D eigenvalue weighted by Crippen LogP contribution is -2.16. The van der Waals surface area contributed by atoms with E-state index in [1.807, 2.05) is 31.3 Å². The van der Waals surface area contributed by atoms with E-state index in [0.29, 0.717) is 0 Å². The summed E-state index contributed by atoms with van der Waals surface area (Å²) in [5.74, 6) is 0.993. The molecule has 2 rings (SSSR count). The van der Waals surface area contributed by atoms with E-state index in [2.05, 4.69) is 33.7 Å². The SMILES string of the molecule is Cc1cc(C)nc(SCCNCc2sccc2C)n1. The third-order valence-electron chi connectivity index (χ3n) is 2.73. The van der Waals surface area contributed by atoms with Crippen LogP contribution >= 0.6 is 23.1 Å². The molecule has 102 valence electrons. The van der Waals surface area contributed by atoms with Crippen LogP contribution in [0.3, 0.4) is 0 Å². The number of hydrogen-bond donors (Lipinski definition) is 1. The number of rotatable bonds is 6. The van der Waals surface area contributed by atoms with Gasteiger partial charge in [-0.3, -0.25) is 0 Å². The minimum absolute atomic E-state index is 0.881. The lowest BCUT2D eigenvalue weighted by atomic mass is 10.3. The normalized spacial score (nSPS) is 10.9. The molecule has 0 unspecified atom stereocenters. The number of thioether (sulfide) groups is 1. The smallest absolute Gasteiger partial charge is 0.188 e. The summed E-state index contributed by atoms with van der Waals surface area (Å²) in [5.41, 5.74) is 3.46. The molecule has 0 saturated carbocycles. The molecule has 0 aliphatic rings. The number of aromatic nitrogens is 2. The van der Waals surface area contributed by atoms with Crippen LogP contribution in [0, 0.1) is 20.8 Å². The Morgan fingerprint density at radius 2 is 1.95 bits per heavy atom. The quantitative estimate of drug-likeness (QED) is 0.503. The molecule has 1 N–H and O–H groups in total. The molecule has 0 amide bonds. The lowest BCUT2D eigenvalue weighted by molar-refractivity contribution is 0.737. The fraction of sp³-hybridized carbons (Fsp3) is 0.429. The van der Waals surface area contributed by atoms with Gasteiger partial charge in [-0.05, 0) is 43.8 Å². The van der Waals surface area contributed by atoms with Gasteiger partial charge >= 0.3 is 0 Å². The van der Waals surface area contributed by atoms with Crippen LogP contribution in [0.25, 0.3) is 0 Å². The van der Waals surface area contributed by atoms with E-state index in [1.165, 1.54) is 10.4 Å². The Labute approximate surface area is 122 Å². The number of aryl methyl sites for hydroxylation is 3. The molecule has 19 heavy (non-hydrogen) atoms. The molecule has 3 nitrogen and oxygen atoms in total. The van der Waals surface area contributed by atoms with Crippen molar-refractivity contribution in [2.45, 2.75) is 32.5 Å². The molecule has 0 bridgehead atoms. The third-order valence-corrected chi connectivity index (χ3v) is 4.60. The zero-order valence-corrected chi connectivity index (χ0v) is 13.2. The topological polar surface area (TPSA) is 37.8 Å². The van der Waals surface area contributed by atoms with Gasteiger partial charge < -0.3 is 5.32 Å². The molecule has 2 aromatic rings. The Balaban J connectivity index is 1.71. The van der Waals surface area contributed by atoms with E-state index in [4.69, 9.17) is 0 Å². The number of thiophene rings is 1. The fourth-order valence-corrected chi connectivity index (χ4v) is 3.48. The van der Waals surface area contributed by atoms with Gasteiger partial charge in [0.25, 0.3) is 0 Å². The standard InChI is InChI=1S/C14H19N3S2/c1-10-4-6-18-13(10)9-15-5-7-19-14-16-11(2)8-12(3)17-14/h4,6,8,15H,5,7,9H2,1-3H3. The van der Waals surface area contributed by atoms with Gasteiger partial charge in [-0.25, -0.2) is 9.97 Å². The van der Waals surface area contributed by atoms with Crippen molar-refractivity contribution in [3.05, 3.63) is 39.3 Å². The van der Waals surface area contributed by atoms with Crippen molar-refractivity contribution in [3.8, 4) is 0 Å². The van der Waals surface area contributed by atoms with E-state index >= 15 is 0 Å². The molecule has 0 aliphatic heterocycles. The lowest BCUT2D eigenvalue weighted by Gasteiger charge is -2.05. The monoisotopic (exact) mass is 293 g/mol. The van der Waals surface area contributed by atoms with E-state index < -0.39 is 0 Å². The van der Waals surface area contributed by atoms with Crippen molar-refractivity contribution in [2.75, 3.05) is 12.3 Å². The second-order valence-electron chi connectivity index (χ2n) is 4.49. The van der Waals surface area contributed by atoms with Crippen LogP contribution in [0.1, 0.15) is 21.8 Å². The first-order valence-corrected chi connectivity index (χ1v) is 8.20. The molecule has 0 fully saturated rings. The van der Waals surface area contributed by atoms with Crippen LogP contribution < -0.4 is 5.32 Å². The molecule has 0 radical (unpaired) electrons. The second kappa shape index (κ2) is 7.03. The molecule has 0 aromatic carbocycles. The minimum Gasteiger partial charge on any atom is -0.311 e. The van der Waals surface area contributed by atoms with Gasteiger partial charge in [0, 0.05) is 35.1 Å². The van der Waals surface area contributed by atoms with Gasteiger partial charge in [0.1, 0.15) is 0 Å². The first-order chi connectivity index (χ1) is 9.15. The average molecular weight is 293 g/mol. The molecule has 0 spiro atoms. The van der Waals surface area contributed by atoms with E-state index in [9.17, 15) is 0 Å². The highest BCUT2D eigenvalue weighted by Gasteiger charge is 2.01. The average Bonchev–Trinajstić information content (AvgIpc) is 2.73. The number of hydrogen-bond acceptors (Lipinski definition) is 5. The van der Waals surface area contributed by atoms with Crippen LogP contribution in [0.2, 0.25) is 0 Å². The maximum absolute atomic E-state index is 4.42. The highest BCUT2D eigenvalue weighted by atomic mass is 32.2. The van der Waals surface area contributed by atoms with E-state index in [-0.39, 0.29) is 0 Å². The summed E-state index contributed by atoms with van der Waals surface area (Å²) in [4.78, 5) is 10.3. The summed E-state index contributed by atoms with van der Waals surface area (Å²) in [6.07, 6.45) is 0. The predicted octanol–water partition coefficient (Wildman–Crippen LogP) is 3.35. The maximum atomic E-state index is 4.42. The molecular formula is C14H19N3S2. The van der Waals surface area contributed by atoms with Crippen molar-refractivity contribution in [1.29, 1.82) is 0 Å². The molecule has 2 heterocycles. The number of nitrogens with zero attached hydrogens (tertiary/aromatic N) is 2. The molecular weight excluding hydrogens is 274 g/mol. The third kappa shape index (κ3) is 4.60. The summed E-state index contributed by atoms with van der Waals surface area (Å²) >= 11 is 3.52. The minimum atomic E-state index is 0.881. The molecule has 0 atom stereocenters. The van der Waals surface area contributed by atoms with Crippen LogP contribution in [0.15, 0.2) is 22.7 Å². The van der Waals surface area contributed by atoms with Crippen molar-refractivity contribution in [2.24, 2.45) is 0 Å². The zero-order chi connectivity index (χ0) is 13.7. The van der Waals surface area contributed by atoms with Gasteiger partial charge in [-0.2, -0.15) is 0 Å². The highest BCUT2D eigenvalue weighted by molar-refractivity contribution is 7.99. The molecule has 5 heteroatoms. The largest absolute Gasteiger partial charge is 0.311 e. The second-order valence-corrected chi connectivity index (χ2v) is 6.55. The summed E-state index contributed by atoms with van der Waals surface area (Å²) < 4.78 is 0. The van der Waals surface area contributed by atoms with Gasteiger partial charge in [0.05, 0.1) is 0 Å². The summed E-state index contributed by atoms with van der Waals surface area (Å²) in [7, 11) is 0. The maximum Gasteiger partial charge on any atom is 0.188 e. The van der Waals surface area contributed by atoms with Crippen LogP contribution in [0.5, 0.6) is 0 Å². The Morgan fingerprint density at radius 1 is 1.21 bits per heavy atom. The van der Waals surface area contributed by atoms with Gasteiger partial charge in [-0.15, -0.1) is 11.3 Å². The van der Waals surface area contributed by atoms with E-state index in [0.717, 1.165) is 35.4 Å². The van der Waals surface area contributed by atoms with Gasteiger partial charge in [-0.1, -0.05) is 11.8 Å². The van der Waals surface area contributed by atoms with Crippen molar-refractivity contribution >= 4 is 23.1 Å². The Kier molecular flexibility index (Phi) is 5.36. The summed E-state index contributed by atoms with van der Waals surface area (Å²) in [6.45, 7) is 8.11. The molecule has 0 aliphatic carbocycles. The van der Waals surface area contributed by atoms with Crippen LogP contribution in [-0.4, -0.2) is 22.3 Å². The first-order valence-electron chi connectivity index (χ1n) is 6.34. The predicted molar refractivity (Wildman–Crippen MR) is 83.0 cm³/mol. The first kappa shape index (κ1) is 14.5. The summed E-state index contributed by atoms with van der Waals surface area (Å²) in [6, 6.07) is 4.17. The van der Waals surface area contributed by atoms with Crippen molar-refractivity contribution < 1.29 is 0 Å². The zero-order valence-electron chi connectivity index (χ0n) is 11.6. The van der Waals surface area contributed by atoms with E-state index in [1.54, 1.807) is 11.8 Å². The molecule has 2 aromatic heterocycles. The van der Waals surface area contributed by atoms with Gasteiger partial charge in [0.15, 0.2) is 5.16 Å². The van der Waals surface area contributed by atoms with Crippen molar-refractivity contribution in [3.63, 3.8) is 0 Å². The Bertz CT molecular complexity index is 517. The Hall–Kier alpha value is -0.910. The summed E-state index contributed by atoms with van der Waals surface area (Å²) in [5, 5.41) is 6.49. The highest BCUT2D eigenvalue weighted by Crippen LogP contribution is 2.15. The number of nitrogens with one attached hydrogen (secondary N) is 1. The Morgan fingerprint density at radius 3 is 2.58 bits per heavy atom. The van der Waals surface area contributed by atoms with Gasteiger partial charge in [0.2, 0.25) is 0 Å².